The van der Waals surface area contributed by atoms with Gasteiger partial charge < -0.3 is 14.8 Å². The van der Waals surface area contributed by atoms with Crippen LogP contribution in [0.4, 0.5) is 5.69 Å². The third kappa shape index (κ3) is 3.18. The number of methoxy groups -OCH3 is 1. The van der Waals surface area contributed by atoms with E-state index in [0.29, 0.717) is 18.0 Å². The first-order chi connectivity index (χ1) is 11.6. The van der Waals surface area contributed by atoms with Crippen LogP contribution < -0.4 is 14.8 Å². The monoisotopic (exact) mass is 347 g/mol. The van der Waals surface area contributed by atoms with Crippen LogP contribution in [0, 0.1) is 0 Å². The van der Waals surface area contributed by atoms with Crippen LogP contribution >= 0.6 is 0 Å². The highest BCUT2D eigenvalue weighted by molar-refractivity contribution is 7.72. The summed E-state index contributed by atoms with van der Waals surface area (Å²) in [5.41, 5.74) is 2.77. The molecular weight excluding hydrogens is 330 g/mol. The lowest BCUT2D eigenvalue weighted by molar-refractivity contribution is 0.284. The van der Waals surface area contributed by atoms with Gasteiger partial charge in [0.1, 0.15) is 10.6 Å². The highest BCUT2D eigenvalue weighted by atomic mass is 32.2. The number of nitrogens with one attached hydrogen (secondary N) is 1. The SMILES string of the molecule is C=C(Nc1cnc(OC)c([SH](=O)=O)c1)c1ccnc2c1OCCC2. The number of fused-ring (bicyclic) bond motifs is 1. The predicted molar refractivity (Wildman–Crippen MR) is 90.1 cm³/mol. The molecule has 2 aromatic rings. The number of anilines is 1. The highest BCUT2D eigenvalue weighted by Crippen LogP contribution is 2.32. The average Bonchev–Trinajstić information content (AvgIpc) is 2.61. The van der Waals surface area contributed by atoms with Crippen molar-refractivity contribution in [1.82, 2.24) is 9.97 Å². The molecule has 0 saturated heterocycles. The molecule has 0 amide bonds. The lowest BCUT2D eigenvalue weighted by atomic mass is 10.1. The van der Waals surface area contributed by atoms with Crippen molar-refractivity contribution in [2.75, 3.05) is 19.0 Å². The van der Waals surface area contributed by atoms with Gasteiger partial charge in [-0.2, -0.15) is 0 Å². The summed E-state index contributed by atoms with van der Waals surface area (Å²) in [5, 5.41) is 3.07. The molecule has 1 aliphatic rings. The molecule has 0 saturated carbocycles. The molecule has 0 unspecified atom stereocenters. The zero-order valence-corrected chi connectivity index (χ0v) is 14.0. The third-order valence-corrected chi connectivity index (χ3v) is 4.34. The lowest BCUT2D eigenvalue weighted by Gasteiger charge is -2.20. The van der Waals surface area contributed by atoms with Crippen molar-refractivity contribution in [3.05, 3.63) is 42.4 Å². The Morgan fingerprint density at radius 1 is 1.42 bits per heavy atom. The van der Waals surface area contributed by atoms with Gasteiger partial charge in [-0.25, -0.2) is 13.4 Å². The second-order valence-electron chi connectivity index (χ2n) is 5.20. The second-order valence-corrected chi connectivity index (χ2v) is 6.20. The summed E-state index contributed by atoms with van der Waals surface area (Å²) in [4.78, 5) is 8.34. The number of pyridine rings is 2. The van der Waals surface area contributed by atoms with Crippen molar-refractivity contribution in [1.29, 1.82) is 0 Å². The molecule has 3 heterocycles. The Hall–Kier alpha value is -2.61. The molecule has 2 aromatic heterocycles. The Bertz CT molecular complexity index is 856. The first-order valence-corrected chi connectivity index (χ1v) is 8.53. The normalized spacial score (nSPS) is 13.1. The van der Waals surface area contributed by atoms with Crippen molar-refractivity contribution < 1.29 is 17.9 Å². The van der Waals surface area contributed by atoms with Gasteiger partial charge in [0, 0.05) is 17.5 Å². The minimum absolute atomic E-state index is 0.0123. The predicted octanol–water partition coefficient (Wildman–Crippen LogP) is 1.86. The molecule has 8 heteroatoms. The van der Waals surface area contributed by atoms with Crippen LogP contribution in [0.25, 0.3) is 5.70 Å². The minimum Gasteiger partial charge on any atom is -0.491 e. The molecule has 24 heavy (non-hydrogen) atoms. The maximum atomic E-state index is 11.3. The van der Waals surface area contributed by atoms with Crippen molar-refractivity contribution in [2.24, 2.45) is 0 Å². The van der Waals surface area contributed by atoms with Crippen LogP contribution in [-0.2, 0) is 17.1 Å². The lowest BCUT2D eigenvalue weighted by Crippen LogP contribution is -2.13. The van der Waals surface area contributed by atoms with E-state index in [4.69, 9.17) is 9.47 Å². The minimum atomic E-state index is -2.82. The third-order valence-electron chi connectivity index (χ3n) is 3.63. The maximum absolute atomic E-state index is 11.3. The van der Waals surface area contributed by atoms with E-state index < -0.39 is 10.7 Å². The van der Waals surface area contributed by atoms with Gasteiger partial charge in [0.15, 0.2) is 10.7 Å². The summed E-state index contributed by atoms with van der Waals surface area (Å²) in [6, 6.07) is 3.27. The molecule has 1 N–H and O–H groups in total. The van der Waals surface area contributed by atoms with Gasteiger partial charge in [0.25, 0.3) is 0 Å². The Balaban J connectivity index is 1.89. The molecule has 126 valence electrons. The fourth-order valence-corrected chi connectivity index (χ4v) is 3.07. The molecule has 0 spiro atoms. The number of rotatable bonds is 5. The first-order valence-electron chi connectivity index (χ1n) is 7.35. The van der Waals surface area contributed by atoms with Crippen LogP contribution in [-0.4, -0.2) is 32.1 Å². The summed E-state index contributed by atoms with van der Waals surface area (Å²) in [5.74, 6) is 0.782. The number of hydrogen-bond donors (Lipinski definition) is 2. The molecule has 0 aromatic carbocycles. The average molecular weight is 347 g/mol. The molecule has 0 aliphatic carbocycles. The summed E-state index contributed by atoms with van der Waals surface area (Å²) < 4.78 is 33.3. The van der Waals surface area contributed by atoms with Gasteiger partial charge in [0.2, 0.25) is 5.88 Å². The van der Waals surface area contributed by atoms with Crippen LogP contribution in [0.2, 0.25) is 0 Å². The quantitative estimate of drug-likeness (QED) is 0.798. The molecule has 0 fully saturated rings. The van der Waals surface area contributed by atoms with Crippen LogP contribution in [0.5, 0.6) is 11.6 Å². The van der Waals surface area contributed by atoms with Crippen molar-refractivity contribution in [3.8, 4) is 11.6 Å². The van der Waals surface area contributed by atoms with Gasteiger partial charge in [0.05, 0.1) is 31.3 Å². The zero-order valence-electron chi connectivity index (χ0n) is 13.1. The summed E-state index contributed by atoms with van der Waals surface area (Å²) in [6.45, 7) is 4.66. The fraction of sp³-hybridized carbons (Fsp3) is 0.250. The number of aromatic nitrogens is 2. The largest absolute Gasteiger partial charge is 0.491 e. The Morgan fingerprint density at radius 3 is 3.00 bits per heavy atom. The van der Waals surface area contributed by atoms with E-state index in [-0.39, 0.29) is 10.8 Å². The fourth-order valence-electron chi connectivity index (χ4n) is 2.52. The Kier molecular flexibility index (Phi) is 4.66. The van der Waals surface area contributed by atoms with Crippen molar-refractivity contribution in [3.63, 3.8) is 0 Å². The summed E-state index contributed by atoms with van der Waals surface area (Å²) in [6.07, 6.45) is 5.00. The van der Waals surface area contributed by atoms with E-state index >= 15 is 0 Å². The first kappa shape index (κ1) is 16.3. The van der Waals surface area contributed by atoms with E-state index in [1.807, 2.05) is 6.07 Å². The molecule has 0 bridgehead atoms. The molecule has 7 nitrogen and oxygen atoms in total. The number of thiol groups is 1. The smallest absolute Gasteiger partial charge is 0.232 e. The Labute approximate surface area is 141 Å². The standard InChI is InChI=1S/C16H17N3O4S/c1-10(12-5-6-17-13-4-3-7-23-15(12)13)19-11-8-14(24(20)21)16(22-2)18-9-11/h5-6,8-9,19,24H,1,3-4,7H2,2H3. The molecule has 1 aliphatic heterocycles. The molecule has 3 rings (SSSR count). The molecule has 0 atom stereocenters. The van der Waals surface area contributed by atoms with E-state index in [1.165, 1.54) is 19.4 Å². The van der Waals surface area contributed by atoms with Crippen LogP contribution in [0.1, 0.15) is 17.7 Å². The molecule has 0 radical (unpaired) electrons. The zero-order chi connectivity index (χ0) is 17.1. The van der Waals surface area contributed by atoms with E-state index in [0.717, 1.165) is 29.8 Å². The highest BCUT2D eigenvalue weighted by Gasteiger charge is 2.18. The second kappa shape index (κ2) is 6.88. The summed E-state index contributed by atoms with van der Waals surface area (Å²) >= 11 is 0. The van der Waals surface area contributed by atoms with Crippen molar-refractivity contribution >= 4 is 22.1 Å². The van der Waals surface area contributed by atoms with Gasteiger partial charge in [-0.3, -0.25) is 4.98 Å². The van der Waals surface area contributed by atoms with Crippen molar-refractivity contribution in [2.45, 2.75) is 17.7 Å². The maximum Gasteiger partial charge on any atom is 0.232 e. The number of ether oxygens (including phenoxy) is 2. The number of hydrogen-bond acceptors (Lipinski definition) is 7. The van der Waals surface area contributed by atoms with Gasteiger partial charge in [-0.15, -0.1) is 0 Å². The number of nitrogens with zero attached hydrogens (tertiary/aromatic N) is 2. The van der Waals surface area contributed by atoms with E-state index in [1.54, 1.807) is 6.20 Å². The molecular formula is C16H17N3O4S. The summed E-state index contributed by atoms with van der Waals surface area (Å²) in [7, 11) is -1.45. The van der Waals surface area contributed by atoms with Crippen LogP contribution in [0.3, 0.4) is 0 Å². The topological polar surface area (TPSA) is 90.4 Å². The van der Waals surface area contributed by atoms with E-state index in [9.17, 15) is 8.42 Å². The number of aryl methyl sites for hydroxylation is 1. The van der Waals surface area contributed by atoms with Gasteiger partial charge in [-0.05, 0) is 25.0 Å². The van der Waals surface area contributed by atoms with E-state index in [2.05, 4.69) is 21.9 Å². The van der Waals surface area contributed by atoms with Crippen LogP contribution in [0.15, 0.2) is 36.0 Å². The van der Waals surface area contributed by atoms with Gasteiger partial charge in [-0.1, -0.05) is 6.58 Å². The Morgan fingerprint density at radius 2 is 2.25 bits per heavy atom. The van der Waals surface area contributed by atoms with Gasteiger partial charge >= 0.3 is 0 Å².